The molecule has 0 unspecified atom stereocenters. The van der Waals surface area contributed by atoms with E-state index in [0.29, 0.717) is 23.5 Å². The molecule has 0 aliphatic rings. The molecule has 0 aliphatic carbocycles. The van der Waals surface area contributed by atoms with Gasteiger partial charge in [-0.05, 0) is 19.2 Å². The standard InChI is InChI=1S/C14H19N3O2/c1-3-17(4-2)9-12-13(14(18)16-15)10-7-5-6-8-11(10)19-12/h5-8H,3-4,9,15H2,1-2H3,(H,16,18). The number of rotatable bonds is 5. The number of hydrogen-bond acceptors (Lipinski definition) is 4. The second kappa shape index (κ2) is 5.86. The molecule has 5 heteroatoms. The summed E-state index contributed by atoms with van der Waals surface area (Å²) in [4.78, 5) is 14.1. The number of amides is 1. The first kappa shape index (κ1) is 13.6. The maximum Gasteiger partial charge on any atom is 0.269 e. The van der Waals surface area contributed by atoms with Gasteiger partial charge in [-0.25, -0.2) is 5.84 Å². The number of benzene rings is 1. The van der Waals surface area contributed by atoms with Crippen molar-refractivity contribution in [1.29, 1.82) is 0 Å². The van der Waals surface area contributed by atoms with Crippen LogP contribution in [0.2, 0.25) is 0 Å². The molecule has 5 nitrogen and oxygen atoms in total. The minimum atomic E-state index is -0.313. The molecule has 0 atom stereocenters. The molecule has 0 spiro atoms. The topological polar surface area (TPSA) is 71.5 Å². The van der Waals surface area contributed by atoms with E-state index < -0.39 is 0 Å². The highest BCUT2D eigenvalue weighted by Crippen LogP contribution is 2.26. The van der Waals surface area contributed by atoms with Gasteiger partial charge in [-0.3, -0.25) is 15.1 Å². The van der Waals surface area contributed by atoms with E-state index in [1.165, 1.54) is 0 Å². The molecule has 102 valence electrons. The van der Waals surface area contributed by atoms with Gasteiger partial charge in [0.25, 0.3) is 5.91 Å². The number of para-hydroxylation sites is 1. The Balaban J connectivity index is 2.49. The van der Waals surface area contributed by atoms with Gasteiger partial charge in [-0.15, -0.1) is 0 Å². The third-order valence-corrected chi connectivity index (χ3v) is 3.29. The number of nitrogens with two attached hydrogens (primary N) is 1. The maximum absolute atomic E-state index is 12.0. The second-order valence-corrected chi connectivity index (χ2v) is 4.33. The van der Waals surface area contributed by atoms with Gasteiger partial charge < -0.3 is 4.42 Å². The first-order valence-electron chi connectivity index (χ1n) is 6.44. The summed E-state index contributed by atoms with van der Waals surface area (Å²) in [7, 11) is 0. The molecule has 0 saturated carbocycles. The van der Waals surface area contributed by atoms with Crippen molar-refractivity contribution in [2.75, 3.05) is 13.1 Å². The summed E-state index contributed by atoms with van der Waals surface area (Å²) in [6.07, 6.45) is 0. The van der Waals surface area contributed by atoms with Gasteiger partial charge in [0.2, 0.25) is 0 Å². The van der Waals surface area contributed by atoms with Crippen molar-refractivity contribution in [3.8, 4) is 0 Å². The molecular weight excluding hydrogens is 242 g/mol. The Kier molecular flexibility index (Phi) is 4.19. The van der Waals surface area contributed by atoms with Crippen LogP contribution >= 0.6 is 0 Å². The molecule has 0 aliphatic heterocycles. The van der Waals surface area contributed by atoms with Crippen LogP contribution in [0.5, 0.6) is 0 Å². The molecule has 0 radical (unpaired) electrons. The third-order valence-electron chi connectivity index (χ3n) is 3.29. The van der Waals surface area contributed by atoms with Crippen LogP contribution in [0.25, 0.3) is 11.0 Å². The first-order chi connectivity index (χ1) is 9.21. The highest BCUT2D eigenvalue weighted by molar-refractivity contribution is 6.07. The van der Waals surface area contributed by atoms with Gasteiger partial charge in [0.15, 0.2) is 0 Å². The largest absolute Gasteiger partial charge is 0.459 e. The van der Waals surface area contributed by atoms with E-state index in [1.807, 2.05) is 24.3 Å². The van der Waals surface area contributed by atoms with E-state index in [2.05, 4.69) is 24.2 Å². The Hall–Kier alpha value is -1.85. The van der Waals surface area contributed by atoms with Crippen molar-refractivity contribution >= 4 is 16.9 Å². The van der Waals surface area contributed by atoms with E-state index in [9.17, 15) is 4.79 Å². The predicted octanol–water partition coefficient (Wildman–Crippen LogP) is 1.88. The van der Waals surface area contributed by atoms with E-state index in [-0.39, 0.29) is 5.91 Å². The fourth-order valence-electron chi connectivity index (χ4n) is 2.18. The Morgan fingerprint density at radius 1 is 1.32 bits per heavy atom. The molecule has 2 aromatic rings. The van der Waals surface area contributed by atoms with Crippen LogP contribution in [0, 0.1) is 0 Å². The van der Waals surface area contributed by atoms with Gasteiger partial charge in [-0.1, -0.05) is 32.0 Å². The van der Waals surface area contributed by atoms with Crippen LogP contribution in [-0.2, 0) is 6.54 Å². The predicted molar refractivity (Wildman–Crippen MR) is 74.5 cm³/mol. The lowest BCUT2D eigenvalue weighted by atomic mass is 10.1. The molecule has 0 fully saturated rings. The van der Waals surface area contributed by atoms with E-state index >= 15 is 0 Å². The minimum absolute atomic E-state index is 0.313. The molecule has 0 saturated heterocycles. The number of carbonyl (C=O) groups is 1. The minimum Gasteiger partial charge on any atom is -0.459 e. The normalized spacial score (nSPS) is 11.2. The fraction of sp³-hybridized carbons (Fsp3) is 0.357. The summed E-state index contributed by atoms with van der Waals surface area (Å²) in [5.74, 6) is 5.61. The number of furan rings is 1. The molecule has 2 rings (SSSR count). The Morgan fingerprint density at radius 2 is 2.00 bits per heavy atom. The number of fused-ring (bicyclic) bond motifs is 1. The zero-order chi connectivity index (χ0) is 13.8. The Labute approximate surface area is 112 Å². The number of nitrogen functional groups attached to an aromatic ring is 1. The highest BCUT2D eigenvalue weighted by Gasteiger charge is 2.20. The zero-order valence-electron chi connectivity index (χ0n) is 11.3. The summed E-state index contributed by atoms with van der Waals surface area (Å²) in [5, 5.41) is 0.799. The quantitative estimate of drug-likeness (QED) is 0.490. The lowest BCUT2D eigenvalue weighted by Gasteiger charge is -2.16. The van der Waals surface area contributed by atoms with Crippen LogP contribution in [0.1, 0.15) is 30.0 Å². The summed E-state index contributed by atoms with van der Waals surface area (Å²) in [6, 6.07) is 7.49. The van der Waals surface area contributed by atoms with E-state index in [4.69, 9.17) is 10.3 Å². The molecule has 1 amide bonds. The van der Waals surface area contributed by atoms with Crippen LogP contribution in [0.3, 0.4) is 0 Å². The van der Waals surface area contributed by atoms with Gasteiger partial charge in [0.1, 0.15) is 11.3 Å². The number of nitrogens with zero attached hydrogens (tertiary/aromatic N) is 1. The summed E-state index contributed by atoms with van der Waals surface area (Å²) >= 11 is 0. The van der Waals surface area contributed by atoms with Crippen molar-refractivity contribution in [2.45, 2.75) is 20.4 Å². The molecular formula is C14H19N3O2. The van der Waals surface area contributed by atoms with Crippen molar-refractivity contribution in [1.82, 2.24) is 10.3 Å². The summed E-state index contributed by atoms with van der Waals surface area (Å²) < 4.78 is 5.80. The molecule has 1 aromatic carbocycles. The Bertz CT molecular complexity index is 573. The first-order valence-corrected chi connectivity index (χ1v) is 6.44. The monoisotopic (exact) mass is 261 g/mol. The number of carbonyl (C=O) groups excluding carboxylic acids is 1. The lowest BCUT2D eigenvalue weighted by Crippen LogP contribution is -2.31. The van der Waals surface area contributed by atoms with Gasteiger partial charge in [0.05, 0.1) is 12.1 Å². The molecule has 1 aromatic heterocycles. The van der Waals surface area contributed by atoms with E-state index in [1.54, 1.807) is 0 Å². The third kappa shape index (κ3) is 2.62. The van der Waals surface area contributed by atoms with Crippen molar-refractivity contribution < 1.29 is 9.21 Å². The Morgan fingerprint density at radius 3 is 2.63 bits per heavy atom. The molecule has 19 heavy (non-hydrogen) atoms. The molecule has 1 heterocycles. The number of hydrazine groups is 1. The van der Waals surface area contributed by atoms with Crippen LogP contribution in [0.4, 0.5) is 0 Å². The average molecular weight is 261 g/mol. The summed E-state index contributed by atoms with van der Waals surface area (Å²) in [5.41, 5.74) is 3.44. The van der Waals surface area contributed by atoms with Gasteiger partial charge in [0, 0.05) is 5.39 Å². The number of nitrogens with one attached hydrogen (secondary N) is 1. The smallest absolute Gasteiger partial charge is 0.269 e. The van der Waals surface area contributed by atoms with Crippen LogP contribution in [0.15, 0.2) is 28.7 Å². The fourth-order valence-corrected chi connectivity index (χ4v) is 2.18. The lowest BCUT2D eigenvalue weighted by molar-refractivity contribution is 0.0951. The second-order valence-electron chi connectivity index (χ2n) is 4.33. The number of hydrogen-bond donors (Lipinski definition) is 2. The maximum atomic E-state index is 12.0. The van der Waals surface area contributed by atoms with Gasteiger partial charge >= 0.3 is 0 Å². The van der Waals surface area contributed by atoms with Crippen LogP contribution in [-0.4, -0.2) is 23.9 Å². The summed E-state index contributed by atoms with van der Waals surface area (Å²) in [6.45, 7) is 6.56. The van der Waals surface area contributed by atoms with E-state index in [0.717, 1.165) is 18.5 Å². The van der Waals surface area contributed by atoms with Crippen LogP contribution < -0.4 is 11.3 Å². The van der Waals surface area contributed by atoms with Crippen molar-refractivity contribution in [3.63, 3.8) is 0 Å². The molecule has 3 N–H and O–H groups in total. The zero-order valence-corrected chi connectivity index (χ0v) is 11.3. The average Bonchev–Trinajstić information content (AvgIpc) is 2.81. The van der Waals surface area contributed by atoms with Crippen molar-refractivity contribution in [2.24, 2.45) is 5.84 Å². The van der Waals surface area contributed by atoms with Gasteiger partial charge in [-0.2, -0.15) is 0 Å². The SMILES string of the molecule is CCN(CC)Cc1oc2ccccc2c1C(=O)NN. The molecule has 0 bridgehead atoms. The van der Waals surface area contributed by atoms with Crippen molar-refractivity contribution in [3.05, 3.63) is 35.6 Å². The highest BCUT2D eigenvalue weighted by atomic mass is 16.3.